The second kappa shape index (κ2) is 8.33. The molecule has 0 aromatic heterocycles. The van der Waals surface area contributed by atoms with Crippen LogP contribution in [0.25, 0.3) is 10.8 Å². The SMILES string of the molecule is O=C1c2cccc3cccc(c23)C(=O)N1CCCN1CCN(c2cccc(Cl)c2)CC1. The third-order valence-corrected chi connectivity index (χ3v) is 6.49. The molecule has 2 heterocycles. The van der Waals surface area contributed by atoms with Crippen molar-refractivity contribution in [2.45, 2.75) is 6.42 Å². The molecule has 31 heavy (non-hydrogen) atoms. The van der Waals surface area contributed by atoms with Gasteiger partial charge in [-0.1, -0.05) is 41.9 Å². The molecule has 0 saturated carbocycles. The molecule has 0 N–H and O–H groups in total. The zero-order valence-corrected chi connectivity index (χ0v) is 18.0. The lowest BCUT2D eigenvalue weighted by Crippen LogP contribution is -2.47. The van der Waals surface area contributed by atoms with Gasteiger partial charge >= 0.3 is 0 Å². The minimum absolute atomic E-state index is 0.180. The van der Waals surface area contributed by atoms with Gasteiger partial charge in [0.05, 0.1) is 0 Å². The van der Waals surface area contributed by atoms with Crippen molar-refractivity contribution < 1.29 is 9.59 Å². The summed E-state index contributed by atoms with van der Waals surface area (Å²) in [6, 6.07) is 19.3. The number of benzene rings is 3. The van der Waals surface area contributed by atoms with E-state index in [1.807, 2.05) is 54.6 Å². The maximum absolute atomic E-state index is 13.0. The molecule has 5 rings (SSSR count). The van der Waals surface area contributed by atoms with E-state index in [2.05, 4.69) is 15.9 Å². The minimum atomic E-state index is -0.180. The van der Waals surface area contributed by atoms with Crippen LogP contribution in [-0.4, -0.2) is 60.9 Å². The quantitative estimate of drug-likeness (QED) is 0.563. The Morgan fingerprint density at radius 2 is 1.42 bits per heavy atom. The molecule has 0 aliphatic carbocycles. The number of carbonyl (C=O) groups is 2. The summed E-state index contributed by atoms with van der Waals surface area (Å²) >= 11 is 6.12. The normalized spacial score (nSPS) is 16.9. The first-order valence-electron chi connectivity index (χ1n) is 10.7. The zero-order chi connectivity index (χ0) is 21.4. The van der Waals surface area contributed by atoms with E-state index in [9.17, 15) is 9.59 Å². The highest BCUT2D eigenvalue weighted by Gasteiger charge is 2.32. The van der Waals surface area contributed by atoms with Crippen molar-refractivity contribution >= 4 is 39.9 Å². The van der Waals surface area contributed by atoms with Crippen LogP contribution in [0.15, 0.2) is 60.7 Å². The summed E-state index contributed by atoms with van der Waals surface area (Å²) in [4.78, 5) is 32.2. The van der Waals surface area contributed by atoms with Crippen LogP contribution < -0.4 is 4.90 Å². The van der Waals surface area contributed by atoms with E-state index in [-0.39, 0.29) is 11.8 Å². The number of carbonyl (C=O) groups excluding carboxylic acids is 2. The van der Waals surface area contributed by atoms with Crippen LogP contribution in [0.1, 0.15) is 27.1 Å². The summed E-state index contributed by atoms with van der Waals surface area (Å²) in [6.45, 7) is 5.10. The summed E-state index contributed by atoms with van der Waals surface area (Å²) in [6.07, 6.45) is 0.771. The minimum Gasteiger partial charge on any atom is -0.369 e. The summed E-state index contributed by atoms with van der Waals surface area (Å²) < 4.78 is 0. The Hall–Kier alpha value is -2.89. The maximum Gasteiger partial charge on any atom is 0.261 e. The lowest BCUT2D eigenvalue weighted by molar-refractivity contribution is 0.0603. The molecular weight excluding hydrogens is 410 g/mol. The summed E-state index contributed by atoms with van der Waals surface area (Å²) in [5.41, 5.74) is 2.41. The molecule has 1 saturated heterocycles. The van der Waals surface area contributed by atoms with Crippen molar-refractivity contribution in [2.75, 3.05) is 44.2 Å². The number of imide groups is 1. The van der Waals surface area contributed by atoms with Gasteiger partial charge in [-0.3, -0.25) is 19.4 Å². The number of hydrogen-bond acceptors (Lipinski definition) is 4. The maximum atomic E-state index is 13.0. The van der Waals surface area contributed by atoms with Gasteiger partial charge in [0.25, 0.3) is 11.8 Å². The van der Waals surface area contributed by atoms with E-state index in [0.717, 1.165) is 60.6 Å². The third kappa shape index (κ3) is 3.80. The van der Waals surface area contributed by atoms with Gasteiger partial charge in [-0.15, -0.1) is 0 Å². The Kier molecular flexibility index (Phi) is 5.38. The van der Waals surface area contributed by atoms with Crippen LogP contribution in [0, 0.1) is 0 Å². The third-order valence-electron chi connectivity index (χ3n) is 6.26. The molecule has 5 nitrogen and oxygen atoms in total. The second-order valence-electron chi connectivity index (χ2n) is 8.13. The monoisotopic (exact) mass is 433 g/mol. The topological polar surface area (TPSA) is 43.9 Å². The fourth-order valence-corrected chi connectivity index (χ4v) is 4.82. The van der Waals surface area contributed by atoms with Crippen LogP contribution in [0.2, 0.25) is 5.02 Å². The van der Waals surface area contributed by atoms with Crippen molar-refractivity contribution in [3.05, 3.63) is 76.8 Å². The molecule has 2 amide bonds. The van der Waals surface area contributed by atoms with E-state index in [4.69, 9.17) is 11.6 Å². The summed E-state index contributed by atoms with van der Waals surface area (Å²) in [5.74, 6) is -0.361. The largest absolute Gasteiger partial charge is 0.369 e. The number of anilines is 1. The Labute approximate surface area is 186 Å². The lowest BCUT2D eigenvalue weighted by Gasteiger charge is -2.36. The predicted octanol–water partition coefficient (Wildman–Crippen LogP) is 4.30. The van der Waals surface area contributed by atoms with Crippen LogP contribution in [0.4, 0.5) is 5.69 Å². The number of piperazine rings is 1. The standard InChI is InChI=1S/C25H24ClN3O2/c26-19-7-3-8-20(17-19)28-15-13-27(14-16-28)11-4-12-29-24(30)21-9-1-5-18-6-2-10-22(23(18)21)25(29)31/h1-3,5-10,17H,4,11-16H2. The second-order valence-corrected chi connectivity index (χ2v) is 8.57. The van der Waals surface area contributed by atoms with E-state index >= 15 is 0 Å². The first-order chi connectivity index (χ1) is 15.1. The van der Waals surface area contributed by atoms with Gasteiger partial charge in [-0.05, 0) is 48.7 Å². The summed E-state index contributed by atoms with van der Waals surface area (Å²) in [7, 11) is 0. The van der Waals surface area contributed by atoms with Crippen molar-refractivity contribution in [1.29, 1.82) is 0 Å². The van der Waals surface area contributed by atoms with Gasteiger partial charge in [-0.2, -0.15) is 0 Å². The van der Waals surface area contributed by atoms with E-state index in [1.165, 1.54) is 4.90 Å². The molecule has 0 atom stereocenters. The molecule has 2 aliphatic rings. The van der Waals surface area contributed by atoms with Gasteiger partial charge in [0.1, 0.15) is 0 Å². The van der Waals surface area contributed by atoms with Crippen LogP contribution >= 0.6 is 11.6 Å². The van der Waals surface area contributed by atoms with Gasteiger partial charge in [0.2, 0.25) is 0 Å². The van der Waals surface area contributed by atoms with Gasteiger partial charge in [-0.25, -0.2) is 0 Å². The molecule has 158 valence electrons. The number of amides is 2. The molecule has 0 spiro atoms. The van der Waals surface area contributed by atoms with Crippen LogP contribution in [-0.2, 0) is 0 Å². The Morgan fingerprint density at radius 1 is 0.774 bits per heavy atom. The van der Waals surface area contributed by atoms with E-state index in [1.54, 1.807) is 0 Å². The number of halogens is 1. The molecule has 6 heteroatoms. The predicted molar refractivity (Wildman–Crippen MR) is 124 cm³/mol. The highest BCUT2D eigenvalue weighted by atomic mass is 35.5. The van der Waals surface area contributed by atoms with Crippen molar-refractivity contribution in [3.8, 4) is 0 Å². The Morgan fingerprint density at radius 3 is 2.06 bits per heavy atom. The average molecular weight is 434 g/mol. The van der Waals surface area contributed by atoms with E-state index in [0.29, 0.717) is 17.7 Å². The first kappa shape index (κ1) is 20.0. The molecule has 2 aliphatic heterocycles. The summed E-state index contributed by atoms with van der Waals surface area (Å²) in [5, 5.41) is 2.48. The van der Waals surface area contributed by atoms with E-state index < -0.39 is 0 Å². The molecule has 1 fully saturated rings. The van der Waals surface area contributed by atoms with Crippen molar-refractivity contribution in [2.24, 2.45) is 0 Å². The Balaban J connectivity index is 1.19. The lowest BCUT2D eigenvalue weighted by atomic mass is 9.94. The number of nitrogens with zero attached hydrogens (tertiary/aromatic N) is 3. The van der Waals surface area contributed by atoms with Crippen molar-refractivity contribution in [3.63, 3.8) is 0 Å². The number of rotatable bonds is 5. The van der Waals surface area contributed by atoms with Crippen LogP contribution in [0.3, 0.4) is 0 Å². The van der Waals surface area contributed by atoms with Gasteiger partial charge in [0, 0.05) is 59.9 Å². The Bertz CT molecular complexity index is 1100. The fraction of sp³-hybridized carbons (Fsp3) is 0.280. The highest BCUT2D eigenvalue weighted by Crippen LogP contribution is 2.30. The van der Waals surface area contributed by atoms with Crippen molar-refractivity contribution in [1.82, 2.24) is 9.80 Å². The smallest absolute Gasteiger partial charge is 0.261 e. The first-order valence-corrected chi connectivity index (χ1v) is 11.1. The van der Waals surface area contributed by atoms with Gasteiger partial charge in [0.15, 0.2) is 0 Å². The molecule has 3 aromatic carbocycles. The zero-order valence-electron chi connectivity index (χ0n) is 17.3. The fourth-order valence-electron chi connectivity index (χ4n) is 4.64. The molecular formula is C25H24ClN3O2. The van der Waals surface area contributed by atoms with Crippen LogP contribution in [0.5, 0.6) is 0 Å². The highest BCUT2D eigenvalue weighted by molar-refractivity contribution is 6.30. The molecule has 3 aromatic rings. The number of hydrogen-bond donors (Lipinski definition) is 0. The molecule has 0 bridgehead atoms. The average Bonchev–Trinajstić information content (AvgIpc) is 2.80. The van der Waals surface area contributed by atoms with Gasteiger partial charge < -0.3 is 4.90 Å². The molecule has 0 unspecified atom stereocenters. The molecule has 0 radical (unpaired) electrons.